The zero-order valence-electron chi connectivity index (χ0n) is 16.7. The van der Waals surface area contributed by atoms with Gasteiger partial charge in [-0.2, -0.15) is 0 Å². The molecule has 0 radical (unpaired) electrons. The van der Waals surface area contributed by atoms with E-state index in [-0.39, 0.29) is 23.6 Å². The molecule has 9 heteroatoms. The van der Waals surface area contributed by atoms with E-state index in [1.807, 2.05) is 39.0 Å². The molecule has 3 rings (SSSR count). The van der Waals surface area contributed by atoms with Crippen molar-refractivity contribution in [1.29, 1.82) is 0 Å². The zero-order valence-corrected chi connectivity index (χ0v) is 18.3. The Kier molecular flexibility index (Phi) is 6.71. The summed E-state index contributed by atoms with van der Waals surface area (Å²) in [5.74, 6) is 0.511. The summed E-state index contributed by atoms with van der Waals surface area (Å²) in [6.07, 6.45) is 1.58. The fourth-order valence-corrected chi connectivity index (χ4v) is 4.53. The molecular weight excluding hydrogens is 408 g/mol. The summed E-state index contributed by atoms with van der Waals surface area (Å²) in [7, 11) is 1.44. The van der Waals surface area contributed by atoms with Gasteiger partial charge in [0.25, 0.3) is 0 Å². The van der Waals surface area contributed by atoms with Gasteiger partial charge < -0.3 is 14.6 Å². The third-order valence-electron chi connectivity index (χ3n) is 4.45. The van der Waals surface area contributed by atoms with E-state index in [1.165, 1.54) is 36.3 Å². The number of amides is 1. The quantitative estimate of drug-likeness (QED) is 0.577. The molecule has 0 spiro atoms. The highest BCUT2D eigenvalue weighted by Crippen LogP contribution is 2.26. The number of nitrogens with one attached hydrogen (secondary N) is 1. The molecule has 0 aliphatic heterocycles. The predicted octanol–water partition coefficient (Wildman–Crippen LogP) is 3.56. The van der Waals surface area contributed by atoms with Gasteiger partial charge >= 0.3 is 0 Å². The third kappa shape index (κ3) is 5.24. The van der Waals surface area contributed by atoms with E-state index in [1.54, 1.807) is 10.8 Å². The van der Waals surface area contributed by atoms with Crippen molar-refractivity contribution < 1.29 is 9.53 Å². The Balaban J connectivity index is 1.81. The van der Waals surface area contributed by atoms with E-state index in [0.29, 0.717) is 11.4 Å². The molecule has 0 unspecified atom stereocenters. The number of hydrogen-bond donors (Lipinski definition) is 1. The molecule has 29 heavy (non-hydrogen) atoms. The first-order valence-corrected chi connectivity index (χ1v) is 10.7. The summed E-state index contributed by atoms with van der Waals surface area (Å²) in [6.45, 7) is 5.93. The van der Waals surface area contributed by atoms with Crippen LogP contribution in [0.3, 0.4) is 0 Å². The Morgan fingerprint density at radius 3 is 2.76 bits per heavy atom. The Morgan fingerprint density at radius 1 is 1.28 bits per heavy atom. The number of nitrogens with zero attached hydrogens (tertiary/aromatic N) is 3. The molecule has 0 saturated carbocycles. The standard InChI is InChI=1S/C20H22N4O3S2/c1-12-6-5-7-16(13(12)2)21-19(26)10-24-9-18(27-4)17(25)8-15(24)11-28-20-23-22-14(3)29-20/h5-9H,10-11H2,1-4H3,(H,21,26). The van der Waals surface area contributed by atoms with Gasteiger partial charge in [0.15, 0.2) is 10.1 Å². The van der Waals surface area contributed by atoms with Crippen molar-refractivity contribution in [3.8, 4) is 5.75 Å². The van der Waals surface area contributed by atoms with E-state index < -0.39 is 0 Å². The van der Waals surface area contributed by atoms with Crippen LogP contribution < -0.4 is 15.5 Å². The van der Waals surface area contributed by atoms with E-state index in [2.05, 4.69) is 15.5 Å². The van der Waals surface area contributed by atoms with Gasteiger partial charge in [0.2, 0.25) is 11.3 Å². The van der Waals surface area contributed by atoms with Gasteiger partial charge in [-0.05, 0) is 38.0 Å². The van der Waals surface area contributed by atoms with Crippen molar-refractivity contribution in [3.05, 3.63) is 62.5 Å². The zero-order chi connectivity index (χ0) is 21.0. The van der Waals surface area contributed by atoms with Gasteiger partial charge in [-0.3, -0.25) is 9.59 Å². The lowest BCUT2D eigenvalue weighted by molar-refractivity contribution is -0.116. The molecule has 0 fully saturated rings. The van der Waals surface area contributed by atoms with Crippen molar-refractivity contribution in [2.24, 2.45) is 0 Å². The first kappa shape index (κ1) is 21.1. The molecule has 7 nitrogen and oxygen atoms in total. The van der Waals surface area contributed by atoms with Crippen LogP contribution in [0, 0.1) is 20.8 Å². The molecule has 1 N–H and O–H groups in total. The SMILES string of the molecule is COc1cn(CC(=O)Nc2cccc(C)c2C)c(CSc2nnc(C)s2)cc1=O. The highest BCUT2D eigenvalue weighted by molar-refractivity contribution is 8.00. The Bertz CT molecular complexity index is 1090. The van der Waals surface area contributed by atoms with Crippen LogP contribution in [-0.2, 0) is 17.1 Å². The lowest BCUT2D eigenvalue weighted by atomic mass is 10.1. The number of carbonyl (C=O) groups excluding carboxylic acids is 1. The summed E-state index contributed by atoms with van der Waals surface area (Å²) < 4.78 is 7.70. The summed E-state index contributed by atoms with van der Waals surface area (Å²) in [4.78, 5) is 24.9. The number of aromatic nitrogens is 3. The first-order chi connectivity index (χ1) is 13.9. The Morgan fingerprint density at radius 2 is 2.07 bits per heavy atom. The molecular formula is C20H22N4O3S2. The van der Waals surface area contributed by atoms with Crippen LogP contribution in [0.2, 0.25) is 0 Å². The van der Waals surface area contributed by atoms with Crippen LogP contribution in [0.25, 0.3) is 0 Å². The summed E-state index contributed by atoms with van der Waals surface area (Å²) in [5, 5.41) is 11.9. The summed E-state index contributed by atoms with van der Waals surface area (Å²) in [5.41, 5.74) is 3.41. The van der Waals surface area contributed by atoms with Crippen LogP contribution in [-0.4, -0.2) is 27.8 Å². The van der Waals surface area contributed by atoms with Gasteiger partial charge in [0.05, 0.1) is 13.3 Å². The summed E-state index contributed by atoms with van der Waals surface area (Å²) >= 11 is 2.97. The van der Waals surface area contributed by atoms with E-state index in [4.69, 9.17) is 4.74 Å². The fraction of sp³-hybridized carbons (Fsp3) is 0.300. The van der Waals surface area contributed by atoms with E-state index in [9.17, 15) is 9.59 Å². The average Bonchev–Trinajstić information content (AvgIpc) is 3.10. The van der Waals surface area contributed by atoms with Crippen molar-refractivity contribution in [2.45, 2.75) is 37.4 Å². The topological polar surface area (TPSA) is 86.1 Å². The monoisotopic (exact) mass is 430 g/mol. The second-order valence-corrected chi connectivity index (χ2v) is 8.90. The number of carbonyl (C=O) groups is 1. The molecule has 1 aromatic carbocycles. The number of thioether (sulfide) groups is 1. The number of methoxy groups -OCH3 is 1. The molecule has 0 aliphatic rings. The minimum absolute atomic E-state index is 0.0645. The highest BCUT2D eigenvalue weighted by atomic mass is 32.2. The lowest BCUT2D eigenvalue weighted by Gasteiger charge is -2.15. The second-order valence-electron chi connectivity index (χ2n) is 6.50. The first-order valence-electron chi connectivity index (χ1n) is 8.93. The summed E-state index contributed by atoms with van der Waals surface area (Å²) in [6, 6.07) is 7.29. The molecule has 2 aromatic heterocycles. The number of hydrogen-bond acceptors (Lipinski definition) is 7. The highest BCUT2D eigenvalue weighted by Gasteiger charge is 2.13. The predicted molar refractivity (Wildman–Crippen MR) is 116 cm³/mol. The molecule has 0 atom stereocenters. The minimum Gasteiger partial charge on any atom is -0.491 e. The number of anilines is 1. The van der Waals surface area contributed by atoms with Crippen LogP contribution >= 0.6 is 23.1 Å². The van der Waals surface area contributed by atoms with Gasteiger partial charge in [-0.25, -0.2) is 0 Å². The molecule has 3 aromatic rings. The number of ether oxygens (including phenoxy) is 1. The maximum Gasteiger partial charge on any atom is 0.244 e. The largest absolute Gasteiger partial charge is 0.491 e. The third-order valence-corrected chi connectivity index (χ3v) is 6.45. The van der Waals surface area contributed by atoms with Gasteiger partial charge in [-0.15, -0.1) is 10.2 Å². The fourth-order valence-electron chi connectivity index (χ4n) is 2.72. The number of aryl methyl sites for hydroxylation is 2. The maximum atomic E-state index is 12.7. The molecule has 0 bridgehead atoms. The van der Waals surface area contributed by atoms with Gasteiger partial charge in [0.1, 0.15) is 11.6 Å². The van der Waals surface area contributed by atoms with Crippen LogP contribution in [0.15, 0.2) is 39.6 Å². The van der Waals surface area contributed by atoms with Crippen molar-refractivity contribution in [2.75, 3.05) is 12.4 Å². The van der Waals surface area contributed by atoms with Crippen LogP contribution in [0.5, 0.6) is 5.75 Å². The molecule has 2 heterocycles. The smallest absolute Gasteiger partial charge is 0.244 e. The maximum absolute atomic E-state index is 12.7. The second kappa shape index (κ2) is 9.23. The van der Waals surface area contributed by atoms with Gasteiger partial charge in [0, 0.05) is 23.2 Å². The van der Waals surface area contributed by atoms with Crippen molar-refractivity contribution >= 4 is 34.7 Å². The van der Waals surface area contributed by atoms with Crippen molar-refractivity contribution in [1.82, 2.24) is 14.8 Å². The van der Waals surface area contributed by atoms with E-state index in [0.717, 1.165) is 26.2 Å². The number of pyridine rings is 1. The minimum atomic E-state index is -0.220. The number of rotatable bonds is 7. The lowest BCUT2D eigenvalue weighted by Crippen LogP contribution is -2.23. The van der Waals surface area contributed by atoms with Crippen molar-refractivity contribution in [3.63, 3.8) is 0 Å². The number of benzene rings is 1. The van der Waals surface area contributed by atoms with Crippen LogP contribution in [0.1, 0.15) is 21.8 Å². The molecule has 1 amide bonds. The average molecular weight is 431 g/mol. The van der Waals surface area contributed by atoms with Crippen LogP contribution in [0.4, 0.5) is 5.69 Å². The van der Waals surface area contributed by atoms with E-state index >= 15 is 0 Å². The normalized spacial score (nSPS) is 10.8. The molecule has 152 valence electrons. The Hall–Kier alpha value is -2.65. The molecule has 0 saturated heterocycles. The van der Waals surface area contributed by atoms with Gasteiger partial charge in [-0.1, -0.05) is 35.2 Å². The Labute approximate surface area is 177 Å². The molecule has 0 aliphatic carbocycles.